The molecule has 2 amide bonds. The van der Waals surface area contributed by atoms with E-state index in [1.807, 2.05) is 4.90 Å². The van der Waals surface area contributed by atoms with Gasteiger partial charge in [0, 0.05) is 37.2 Å². The molecule has 1 saturated heterocycles. The summed E-state index contributed by atoms with van der Waals surface area (Å²) in [5.74, 6) is -1.16. The average molecular weight is 318 g/mol. The topological polar surface area (TPSA) is 86.7 Å². The van der Waals surface area contributed by atoms with Crippen LogP contribution in [0, 0.1) is 0 Å². The molecule has 1 aliphatic rings. The third kappa shape index (κ3) is 5.39. The van der Waals surface area contributed by atoms with Crippen LogP contribution in [0.4, 0.5) is 5.69 Å². The summed E-state index contributed by atoms with van der Waals surface area (Å²) < 4.78 is 0. The fourth-order valence-corrected chi connectivity index (χ4v) is 2.63. The van der Waals surface area contributed by atoms with E-state index < -0.39 is 5.97 Å². The van der Waals surface area contributed by atoms with Crippen LogP contribution in [0.25, 0.3) is 0 Å². The molecule has 1 aromatic rings. The Morgan fingerprint density at radius 2 is 1.83 bits per heavy atom. The quantitative estimate of drug-likeness (QED) is 0.843. The van der Waals surface area contributed by atoms with Gasteiger partial charge in [-0.05, 0) is 43.9 Å². The van der Waals surface area contributed by atoms with Crippen LogP contribution in [-0.2, 0) is 9.59 Å². The molecule has 6 heteroatoms. The minimum Gasteiger partial charge on any atom is -0.481 e. The van der Waals surface area contributed by atoms with Crippen molar-refractivity contribution in [1.82, 2.24) is 4.90 Å². The third-order valence-corrected chi connectivity index (χ3v) is 3.83. The molecule has 1 aliphatic heterocycles. The zero-order valence-electron chi connectivity index (χ0n) is 13.1. The van der Waals surface area contributed by atoms with Gasteiger partial charge in [0.1, 0.15) is 0 Å². The molecule has 2 N–H and O–H groups in total. The molecule has 0 aromatic heterocycles. The summed E-state index contributed by atoms with van der Waals surface area (Å²) in [7, 11) is 0. The van der Waals surface area contributed by atoms with Gasteiger partial charge >= 0.3 is 5.97 Å². The van der Waals surface area contributed by atoms with Crippen molar-refractivity contribution in [1.29, 1.82) is 0 Å². The minimum atomic E-state index is -0.910. The Morgan fingerprint density at radius 1 is 1.09 bits per heavy atom. The van der Waals surface area contributed by atoms with Crippen LogP contribution in [-0.4, -0.2) is 40.9 Å². The van der Waals surface area contributed by atoms with Crippen LogP contribution in [0.1, 0.15) is 48.9 Å². The standard InChI is InChI=1S/C17H22N2O4/c20-15(8-5-9-16(21)22)18-14-7-4-6-13(12-14)17(23)19-10-2-1-3-11-19/h4,6-7,12H,1-3,5,8-11H2,(H,18,20)(H,21,22). The number of hydrogen-bond donors (Lipinski definition) is 2. The fourth-order valence-electron chi connectivity index (χ4n) is 2.63. The van der Waals surface area contributed by atoms with Gasteiger partial charge in [0.05, 0.1) is 0 Å². The van der Waals surface area contributed by atoms with E-state index >= 15 is 0 Å². The molecule has 0 unspecified atom stereocenters. The van der Waals surface area contributed by atoms with Gasteiger partial charge < -0.3 is 15.3 Å². The summed E-state index contributed by atoms with van der Waals surface area (Å²) >= 11 is 0. The molecule has 1 heterocycles. The van der Waals surface area contributed by atoms with Crippen molar-refractivity contribution in [3.8, 4) is 0 Å². The second-order valence-corrected chi connectivity index (χ2v) is 5.73. The van der Waals surface area contributed by atoms with Crippen molar-refractivity contribution in [2.24, 2.45) is 0 Å². The summed E-state index contributed by atoms with van der Waals surface area (Å²) in [5.41, 5.74) is 1.13. The summed E-state index contributed by atoms with van der Waals surface area (Å²) in [6.07, 6.45) is 3.65. The van der Waals surface area contributed by atoms with Crippen LogP contribution in [0.2, 0.25) is 0 Å². The highest BCUT2D eigenvalue weighted by Crippen LogP contribution is 2.16. The highest BCUT2D eigenvalue weighted by molar-refractivity contribution is 5.97. The molecule has 23 heavy (non-hydrogen) atoms. The Morgan fingerprint density at radius 3 is 2.52 bits per heavy atom. The lowest BCUT2D eigenvalue weighted by Gasteiger charge is -2.26. The van der Waals surface area contributed by atoms with E-state index in [1.165, 1.54) is 0 Å². The number of benzene rings is 1. The van der Waals surface area contributed by atoms with Crippen molar-refractivity contribution in [3.05, 3.63) is 29.8 Å². The van der Waals surface area contributed by atoms with E-state index in [0.717, 1.165) is 32.4 Å². The average Bonchev–Trinajstić information content (AvgIpc) is 2.55. The van der Waals surface area contributed by atoms with Gasteiger partial charge in [0.25, 0.3) is 5.91 Å². The molecular formula is C17H22N2O4. The van der Waals surface area contributed by atoms with Crippen LogP contribution in [0.3, 0.4) is 0 Å². The fraction of sp³-hybridized carbons (Fsp3) is 0.471. The molecule has 124 valence electrons. The van der Waals surface area contributed by atoms with Crippen LogP contribution in [0.5, 0.6) is 0 Å². The molecule has 0 saturated carbocycles. The highest BCUT2D eigenvalue weighted by atomic mass is 16.4. The van der Waals surface area contributed by atoms with Gasteiger partial charge in [-0.15, -0.1) is 0 Å². The molecule has 6 nitrogen and oxygen atoms in total. The Kier molecular flexibility index (Phi) is 6.14. The summed E-state index contributed by atoms with van der Waals surface area (Å²) in [6.45, 7) is 1.56. The Labute approximate surface area is 135 Å². The molecule has 0 atom stereocenters. The SMILES string of the molecule is O=C(O)CCCC(=O)Nc1cccc(C(=O)N2CCCCC2)c1. The molecule has 0 radical (unpaired) electrons. The molecular weight excluding hydrogens is 296 g/mol. The van der Waals surface area contributed by atoms with Gasteiger partial charge in [-0.2, -0.15) is 0 Å². The van der Waals surface area contributed by atoms with E-state index in [9.17, 15) is 14.4 Å². The number of carbonyl (C=O) groups excluding carboxylic acids is 2. The monoisotopic (exact) mass is 318 g/mol. The Bertz CT molecular complexity index is 580. The number of amides is 2. The van der Waals surface area contributed by atoms with Crippen molar-refractivity contribution < 1.29 is 19.5 Å². The van der Waals surface area contributed by atoms with E-state index in [0.29, 0.717) is 17.7 Å². The van der Waals surface area contributed by atoms with Gasteiger partial charge in [-0.1, -0.05) is 6.07 Å². The second-order valence-electron chi connectivity index (χ2n) is 5.73. The smallest absolute Gasteiger partial charge is 0.303 e. The maximum atomic E-state index is 12.4. The predicted octanol–water partition coefficient (Wildman–Crippen LogP) is 2.51. The molecule has 0 bridgehead atoms. The van der Waals surface area contributed by atoms with E-state index in [4.69, 9.17) is 5.11 Å². The van der Waals surface area contributed by atoms with Crippen molar-refractivity contribution in [3.63, 3.8) is 0 Å². The molecule has 2 rings (SSSR count). The summed E-state index contributed by atoms with van der Waals surface area (Å²) in [5, 5.41) is 11.3. The first-order valence-electron chi connectivity index (χ1n) is 7.97. The van der Waals surface area contributed by atoms with Crippen LogP contribution >= 0.6 is 0 Å². The van der Waals surface area contributed by atoms with Gasteiger partial charge in [0.15, 0.2) is 0 Å². The molecule has 0 aliphatic carbocycles. The van der Waals surface area contributed by atoms with Crippen molar-refractivity contribution in [2.45, 2.75) is 38.5 Å². The number of hydrogen-bond acceptors (Lipinski definition) is 3. The largest absolute Gasteiger partial charge is 0.481 e. The van der Waals surface area contributed by atoms with E-state index in [-0.39, 0.29) is 24.7 Å². The molecule has 0 spiro atoms. The van der Waals surface area contributed by atoms with Crippen molar-refractivity contribution >= 4 is 23.5 Å². The maximum absolute atomic E-state index is 12.4. The van der Waals surface area contributed by atoms with Crippen LogP contribution < -0.4 is 5.32 Å². The predicted molar refractivity (Wildman–Crippen MR) is 86.3 cm³/mol. The third-order valence-electron chi connectivity index (χ3n) is 3.83. The Balaban J connectivity index is 1.92. The van der Waals surface area contributed by atoms with Gasteiger partial charge in [-0.25, -0.2) is 0 Å². The lowest BCUT2D eigenvalue weighted by atomic mass is 10.1. The van der Waals surface area contributed by atoms with E-state index in [2.05, 4.69) is 5.32 Å². The summed E-state index contributed by atoms with van der Waals surface area (Å²) in [4.78, 5) is 36.5. The number of nitrogens with one attached hydrogen (secondary N) is 1. The first-order chi connectivity index (χ1) is 11.1. The zero-order valence-corrected chi connectivity index (χ0v) is 13.1. The zero-order chi connectivity index (χ0) is 16.7. The first kappa shape index (κ1) is 17.0. The van der Waals surface area contributed by atoms with E-state index in [1.54, 1.807) is 24.3 Å². The highest BCUT2D eigenvalue weighted by Gasteiger charge is 2.18. The molecule has 1 fully saturated rings. The lowest BCUT2D eigenvalue weighted by Crippen LogP contribution is -2.35. The summed E-state index contributed by atoms with van der Waals surface area (Å²) in [6, 6.07) is 6.88. The second kappa shape index (κ2) is 8.31. The number of aliphatic carboxylic acids is 1. The number of nitrogens with zero attached hydrogens (tertiary/aromatic N) is 1. The minimum absolute atomic E-state index is 0.00771. The maximum Gasteiger partial charge on any atom is 0.303 e. The van der Waals surface area contributed by atoms with Gasteiger partial charge in [0.2, 0.25) is 5.91 Å². The number of piperidine rings is 1. The number of carboxylic acids is 1. The lowest BCUT2D eigenvalue weighted by molar-refractivity contribution is -0.137. The number of carbonyl (C=O) groups is 3. The first-order valence-corrected chi connectivity index (χ1v) is 7.97. The van der Waals surface area contributed by atoms with Crippen LogP contribution in [0.15, 0.2) is 24.3 Å². The van der Waals surface area contributed by atoms with Gasteiger partial charge in [-0.3, -0.25) is 14.4 Å². The molecule has 1 aromatic carbocycles. The number of anilines is 1. The number of likely N-dealkylation sites (tertiary alicyclic amines) is 1. The van der Waals surface area contributed by atoms with Crippen molar-refractivity contribution in [2.75, 3.05) is 18.4 Å². The number of rotatable bonds is 6. The normalized spacial score (nSPS) is 14.3. The number of carboxylic acid groups (broad SMARTS) is 1. The Hall–Kier alpha value is -2.37.